The molecule has 0 fully saturated rings. The van der Waals surface area contributed by atoms with E-state index < -0.39 is 45.6 Å². The van der Waals surface area contributed by atoms with Crippen molar-refractivity contribution in [1.29, 1.82) is 0 Å². The summed E-state index contributed by atoms with van der Waals surface area (Å²) in [5.74, 6) is -10.9. The number of carbonyl (C=O) groups is 1. The van der Waals surface area contributed by atoms with Crippen molar-refractivity contribution in [3.8, 4) is 0 Å². The lowest BCUT2D eigenvalue weighted by Gasteiger charge is -2.12. The van der Waals surface area contributed by atoms with E-state index >= 15 is 0 Å². The maximum Gasteiger partial charge on any atom is 0.266 e. The van der Waals surface area contributed by atoms with E-state index in [-0.39, 0.29) is 15.0 Å². The molecule has 3 nitrogen and oxygen atoms in total. The Hall–Kier alpha value is -2.29. The first-order valence-electron chi connectivity index (χ1n) is 6.92. The number of nitrogens with one attached hydrogen (secondary N) is 1. The number of benzene rings is 1. The van der Waals surface area contributed by atoms with E-state index in [9.17, 15) is 31.5 Å². The number of H-pyrrole nitrogens is 1. The summed E-state index contributed by atoms with van der Waals surface area (Å²) in [5.41, 5.74) is -2.76. The summed E-state index contributed by atoms with van der Waals surface area (Å²) < 4.78 is 66.6. The van der Waals surface area contributed by atoms with Crippen LogP contribution in [-0.4, -0.2) is 10.8 Å². The maximum atomic E-state index is 13.7. The predicted octanol–water partition coefficient (Wildman–Crippen LogP) is 2.36. The van der Waals surface area contributed by atoms with E-state index in [1.807, 2.05) is 0 Å². The highest BCUT2D eigenvalue weighted by atomic mass is 32.1. The van der Waals surface area contributed by atoms with Gasteiger partial charge in [0.2, 0.25) is 5.82 Å². The topological polar surface area (TPSA) is 49.9 Å². The number of halogens is 5. The molecule has 134 valence electrons. The van der Waals surface area contributed by atoms with Crippen LogP contribution in [0.25, 0.3) is 12.2 Å². The maximum absolute atomic E-state index is 13.7. The lowest BCUT2D eigenvalue weighted by molar-refractivity contribution is -0.119. The van der Waals surface area contributed by atoms with Crippen LogP contribution in [0.1, 0.15) is 26.3 Å². The number of rotatable bonds is 2. The van der Waals surface area contributed by atoms with Gasteiger partial charge in [0, 0.05) is 11.5 Å². The average Bonchev–Trinajstić information content (AvgIpc) is 2.86. The summed E-state index contributed by atoms with van der Waals surface area (Å²) in [6, 6.07) is 0. The Morgan fingerprint density at radius 1 is 0.960 bits per heavy atom. The van der Waals surface area contributed by atoms with Crippen molar-refractivity contribution in [2.45, 2.75) is 20.8 Å². The molecule has 0 aliphatic carbocycles. The first kappa shape index (κ1) is 19.0. The van der Waals surface area contributed by atoms with Gasteiger partial charge in [-0.25, -0.2) is 22.0 Å². The second-order valence-electron chi connectivity index (χ2n) is 6.17. The van der Waals surface area contributed by atoms with Gasteiger partial charge < -0.3 is 4.98 Å². The zero-order valence-corrected chi connectivity index (χ0v) is 14.1. The summed E-state index contributed by atoms with van der Waals surface area (Å²) >= 11 is 0.660. The van der Waals surface area contributed by atoms with E-state index in [0.29, 0.717) is 17.4 Å². The largest absolute Gasteiger partial charge is 0.313 e. The Morgan fingerprint density at radius 3 is 1.92 bits per heavy atom. The lowest BCUT2D eigenvalue weighted by Crippen LogP contribution is -2.22. The summed E-state index contributed by atoms with van der Waals surface area (Å²) in [4.78, 5) is 26.0. The molecule has 2 rings (SSSR count). The van der Waals surface area contributed by atoms with Crippen molar-refractivity contribution < 1.29 is 26.7 Å². The molecular formula is C16H12F5NO2S. The molecule has 1 aromatic heterocycles. The number of aromatic amines is 1. The van der Waals surface area contributed by atoms with Crippen LogP contribution in [0.3, 0.4) is 0 Å². The van der Waals surface area contributed by atoms with E-state index in [1.54, 1.807) is 20.8 Å². The van der Waals surface area contributed by atoms with Crippen molar-refractivity contribution in [1.82, 2.24) is 4.98 Å². The smallest absolute Gasteiger partial charge is 0.266 e. The summed E-state index contributed by atoms with van der Waals surface area (Å²) in [6.45, 7) is 4.96. The summed E-state index contributed by atoms with van der Waals surface area (Å²) in [6.07, 6.45) is 1.70. The molecule has 0 saturated carbocycles. The first-order chi connectivity index (χ1) is 11.4. The first-order valence-corrected chi connectivity index (χ1v) is 7.73. The van der Waals surface area contributed by atoms with Crippen molar-refractivity contribution >= 4 is 29.3 Å². The lowest BCUT2D eigenvalue weighted by atomic mass is 9.91. The highest BCUT2D eigenvalue weighted by molar-refractivity contribution is 7.07. The molecule has 2 aromatic rings. The third kappa shape index (κ3) is 3.71. The fourth-order valence-corrected chi connectivity index (χ4v) is 2.61. The standard InChI is InChI=1S/C16H12F5NO2S/c1-16(2,3)8(23)5-9-22-15(24)7(25-9)4-6-10(17)12(19)14(21)13(20)11(6)18/h4-5H,1-3H3,(H,22,24)/b7-4-,9-5-. The Balaban J connectivity index is 2.69. The number of hydrogen-bond acceptors (Lipinski definition) is 3. The van der Waals surface area contributed by atoms with E-state index in [1.165, 1.54) is 0 Å². The Bertz CT molecular complexity index is 1000. The van der Waals surface area contributed by atoms with E-state index in [2.05, 4.69) is 4.98 Å². The van der Waals surface area contributed by atoms with Gasteiger partial charge in [-0.3, -0.25) is 9.59 Å². The van der Waals surface area contributed by atoms with E-state index in [0.717, 1.165) is 6.08 Å². The number of aromatic nitrogens is 1. The second kappa shape index (κ2) is 6.55. The van der Waals surface area contributed by atoms with Gasteiger partial charge in [0.15, 0.2) is 29.1 Å². The third-order valence-electron chi connectivity index (χ3n) is 3.20. The molecule has 1 aromatic carbocycles. The van der Waals surface area contributed by atoms with Crippen molar-refractivity contribution in [2.75, 3.05) is 0 Å². The Morgan fingerprint density at radius 2 is 1.44 bits per heavy atom. The minimum Gasteiger partial charge on any atom is -0.313 e. The number of hydrogen-bond donors (Lipinski definition) is 1. The summed E-state index contributed by atoms with van der Waals surface area (Å²) in [7, 11) is 0. The molecule has 0 amide bonds. The van der Waals surface area contributed by atoms with Crippen LogP contribution in [0.5, 0.6) is 0 Å². The van der Waals surface area contributed by atoms with Crippen LogP contribution < -0.4 is 14.8 Å². The molecule has 0 unspecified atom stereocenters. The number of ketones is 1. The van der Waals surface area contributed by atoms with Gasteiger partial charge in [-0.05, 0) is 6.08 Å². The quantitative estimate of drug-likeness (QED) is 0.496. The van der Waals surface area contributed by atoms with Crippen LogP contribution >= 0.6 is 11.3 Å². The molecule has 1 N–H and O–H groups in total. The highest BCUT2D eigenvalue weighted by Crippen LogP contribution is 2.23. The van der Waals surface area contributed by atoms with Gasteiger partial charge in [0.25, 0.3) is 5.56 Å². The molecule has 0 aliphatic rings. The van der Waals surface area contributed by atoms with Crippen molar-refractivity contribution in [3.05, 3.63) is 54.2 Å². The number of carbonyl (C=O) groups excluding carboxylic acids is 1. The minimum absolute atomic E-state index is 0.0973. The normalized spacial score (nSPS) is 13.6. The fraction of sp³-hybridized carbons (Fsp3) is 0.250. The Kier molecular flexibility index (Phi) is 4.99. The van der Waals surface area contributed by atoms with Crippen LogP contribution in [0.4, 0.5) is 22.0 Å². The van der Waals surface area contributed by atoms with E-state index in [4.69, 9.17) is 0 Å². The van der Waals surface area contributed by atoms with Crippen molar-refractivity contribution in [3.63, 3.8) is 0 Å². The molecule has 0 atom stereocenters. The SMILES string of the molecule is CC(C)(C)C(=O)/C=c1/[nH]c(=O)/c(=C/c2c(F)c(F)c(F)c(F)c2F)s1. The van der Waals surface area contributed by atoms with Crippen LogP contribution in [0, 0.1) is 34.5 Å². The molecule has 9 heteroatoms. The summed E-state index contributed by atoms with van der Waals surface area (Å²) in [5, 5.41) is 0. The fourth-order valence-electron chi connectivity index (χ4n) is 1.74. The molecule has 0 radical (unpaired) electrons. The van der Waals surface area contributed by atoms with Crippen LogP contribution in [0.2, 0.25) is 0 Å². The van der Waals surface area contributed by atoms with Gasteiger partial charge in [-0.1, -0.05) is 20.8 Å². The molecule has 25 heavy (non-hydrogen) atoms. The molecule has 0 saturated heterocycles. The zero-order valence-electron chi connectivity index (χ0n) is 13.3. The molecule has 1 heterocycles. The van der Waals surface area contributed by atoms with Gasteiger partial charge >= 0.3 is 0 Å². The van der Waals surface area contributed by atoms with Crippen LogP contribution in [0.15, 0.2) is 4.79 Å². The monoisotopic (exact) mass is 377 g/mol. The second-order valence-corrected chi connectivity index (χ2v) is 7.25. The molecule has 0 aliphatic heterocycles. The molecular weight excluding hydrogens is 365 g/mol. The Labute approximate surface area is 142 Å². The third-order valence-corrected chi connectivity index (χ3v) is 4.16. The van der Waals surface area contributed by atoms with Crippen molar-refractivity contribution in [2.24, 2.45) is 5.41 Å². The predicted molar refractivity (Wildman–Crippen MR) is 82.9 cm³/mol. The molecule has 0 bridgehead atoms. The van der Waals surface area contributed by atoms with Gasteiger partial charge in [0.1, 0.15) is 0 Å². The number of Topliss-reactive ketones (excluding diaryl/α,β-unsaturated/α-hetero) is 1. The van der Waals surface area contributed by atoms with Crippen LogP contribution in [-0.2, 0) is 4.79 Å². The minimum atomic E-state index is -2.28. The number of thiazole rings is 1. The van der Waals surface area contributed by atoms with Gasteiger partial charge in [0.05, 0.1) is 14.8 Å². The zero-order chi connectivity index (χ0) is 19.1. The van der Waals surface area contributed by atoms with Gasteiger partial charge in [-0.15, -0.1) is 11.3 Å². The average molecular weight is 377 g/mol. The highest BCUT2D eigenvalue weighted by Gasteiger charge is 2.24. The molecule has 0 spiro atoms. The van der Waals surface area contributed by atoms with Gasteiger partial charge in [-0.2, -0.15) is 0 Å².